The van der Waals surface area contributed by atoms with Gasteiger partial charge in [0.1, 0.15) is 17.5 Å². The van der Waals surface area contributed by atoms with E-state index in [9.17, 15) is 13.2 Å². The molecule has 0 amide bonds. The molecule has 1 N–H and O–H groups in total. The Hall–Kier alpha value is -1.40. The summed E-state index contributed by atoms with van der Waals surface area (Å²) in [6.45, 7) is 2.49. The molecular formula is C15H14BrF3N2. The average molecular weight is 359 g/mol. The summed E-state index contributed by atoms with van der Waals surface area (Å²) in [5, 5.41) is 3.04. The van der Waals surface area contributed by atoms with E-state index < -0.39 is 23.5 Å². The lowest BCUT2D eigenvalue weighted by Gasteiger charge is -2.20. The third-order valence-electron chi connectivity index (χ3n) is 3.01. The topological polar surface area (TPSA) is 24.9 Å². The van der Waals surface area contributed by atoms with Gasteiger partial charge in [0.2, 0.25) is 0 Å². The van der Waals surface area contributed by atoms with Gasteiger partial charge in [0.25, 0.3) is 0 Å². The summed E-state index contributed by atoms with van der Waals surface area (Å²) in [6.07, 6.45) is 1.82. The zero-order chi connectivity index (χ0) is 15.4. The van der Waals surface area contributed by atoms with Crippen molar-refractivity contribution < 1.29 is 13.2 Å². The molecule has 0 saturated heterocycles. The van der Waals surface area contributed by atoms with Crippen LogP contribution in [0.5, 0.6) is 0 Å². The van der Waals surface area contributed by atoms with Crippen molar-refractivity contribution in [3.05, 3.63) is 63.6 Å². The molecule has 0 aliphatic rings. The summed E-state index contributed by atoms with van der Waals surface area (Å²) in [6, 6.07) is 4.36. The van der Waals surface area contributed by atoms with E-state index in [1.807, 2.05) is 6.92 Å². The minimum Gasteiger partial charge on any atom is -0.305 e. The molecule has 6 heteroatoms. The second kappa shape index (κ2) is 7.04. The van der Waals surface area contributed by atoms with Crippen LogP contribution in [0, 0.1) is 17.5 Å². The van der Waals surface area contributed by atoms with Gasteiger partial charge in [0.05, 0.1) is 22.4 Å². The molecule has 2 rings (SSSR count). The van der Waals surface area contributed by atoms with Crippen LogP contribution in [-0.2, 0) is 0 Å². The molecule has 1 heterocycles. The van der Waals surface area contributed by atoms with E-state index in [1.54, 1.807) is 0 Å². The van der Waals surface area contributed by atoms with Gasteiger partial charge >= 0.3 is 0 Å². The Balaban J connectivity index is 2.50. The van der Waals surface area contributed by atoms with Crippen molar-refractivity contribution in [2.45, 2.75) is 19.4 Å². The minimum atomic E-state index is -0.775. The first-order valence-electron chi connectivity index (χ1n) is 6.52. The zero-order valence-electron chi connectivity index (χ0n) is 11.3. The molecule has 1 aromatic carbocycles. The van der Waals surface area contributed by atoms with Crippen LogP contribution in [0.25, 0.3) is 0 Å². The maximum atomic E-state index is 14.3. The summed E-state index contributed by atoms with van der Waals surface area (Å²) < 4.78 is 41.5. The largest absolute Gasteiger partial charge is 0.305 e. The van der Waals surface area contributed by atoms with Crippen molar-refractivity contribution in [3.8, 4) is 0 Å². The molecule has 112 valence electrons. The van der Waals surface area contributed by atoms with Crippen molar-refractivity contribution in [2.24, 2.45) is 0 Å². The Kier molecular flexibility index (Phi) is 5.36. The van der Waals surface area contributed by atoms with Gasteiger partial charge in [0, 0.05) is 5.56 Å². The molecule has 0 spiro atoms. The van der Waals surface area contributed by atoms with Crippen molar-refractivity contribution in [1.29, 1.82) is 0 Å². The Morgan fingerprint density at radius 2 is 1.95 bits per heavy atom. The standard InChI is InChI=1S/C15H14BrF3N2/c1-2-7-20-15(12-6-3-9(17)8-21-12)13-11(18)5-4-10(16)14(13)19/h3-6,8,15,20H,2,7H2,1H3. The Labute approximate surface area is 129 Å². The van der Waals surface area contributed by atoms with Gasteiger partial charge in [-0.15, -0.1) is 0 Å². The zero-order valence-corrected chi connectivity index (χ0v) is 12.9. The number of pyridine rings is 1. The predicted molar refractivity (Wildman–Crippen MR) is 78.4 cm³/mol. The Morgan fingerprint density at radius 3 is 2.57 bits per heavy atom. The summed E-state index contributed by atoms with van der Waals surface area (Å²) in [5.74, 6) is -1.85. The first-order valence-corrected chi connectivity index (χ1v) is 7.32. The number of hydrogen-bond acceptors (Lipinski definition) is 2. The van der Waals surface area contributed by atoms with Crippen molar-refractivity contribution in [1.82, 2.24) is 10.3 Å². The Bertz CT molecular complexity index is 617. The predicted octanol–water partition coefficient (Wildman–Crippen LogP) is 4.35. The van der Waals surface area contributed by atoms with E-state index in [0.717, 1.165) is 12.6 Å². The number of hydrogen-bond donors (Lipinski definition) is 1. The second-order valence-electron chi connectivity index (χ2n) is 4.55. The molecule has 1 atom stereocenters. The maximum absolute atomic E-state index is 14.3. The second-order valence-corrected chi connectivity index (χ2v) is 5.40. The van der Waals surface area contributed by atoms with Crippen molar-refractivity contribution in [3.63, 3.8) is 0 Å². The summed E-state index contributed by atoms with van der Waals surface area (Å²) in [4.78, 5) is 3.93. The lowest BCUT2D eigenvalue weighted by molar-refractivity contribution is 0.494. The molecule has 2 nitrogen and oxygen atoms in total. The maximum Gasteiger partial charge on any atom is 0.145 e. The van der Waals surface area contributed by atoms with Gasteiger partial charge in [-0.2, -0.15) is 0 Å². The molecule has 21 heavy (non-hydrogen) atoms. The van der Waals surface area contributed by atoms with Gasteiger partial charge < -0.3 is 5.32 Å². The lowest BCUT2D eigenvalue weighted by Crippen LogP contribution is -2.26. The van der Waals surface area contributed by atoms with Crippen LogP contribution in [0.4, 0.5) is 13.2 Å². The smallest absolute Gasteiger partial charge is 0.145 e. The monoisotopic (exact) mass is 358 g/mol. The van der Waals surface area contributed by atoms with Gasteiger partial charge in [-0.3, -0.25) is 4.98 Å². The van der Waals surface area contributed by atoms with E-state index in [2.05, 4.69) is 26.2 Å². The summed E-state index contributed by atoms with van der Waals surface area (Å²) in [5.41, 5.74) is 0.234. The SMILES string of the molecule is CCCNC(c1ccc(F)cn1)c1c(F)ccc(Br)c1F. The van der Waals surface area contributed by atoms with Crippen LogP contribution in [0.15, 0.2) is 34.9 Å². The first kappa shape index (κ1) is 16.0. The molecule has 1 aromatic heterocycles. The highest BCUT2D eigenvalue weighted by atomic mass is 79.9. The van der Waals surface area contributed by atoms with Crippen LogP contribution >= 0.6 is 15.9 Å². The lowest BCUT2D eigenvalue weighted by atomic mass is 10.0. The van der Waals surface area contributed by atoms with E-state index in [-0.39, 0.29) is 10.0 Å². The summed E-state index contributed by atoms with van der Waals surface area (Å²) in [7, 11) is 0. The molecule has 0 aliphatic carbocycles. The van der Waals surface area contributed by atoms with Crippen LogP contribution < -0.4 is 5.32 Å². The van der Waals surface area contributed by atoms with E-state index >= 15 is 0 Å². The van der Waals surface area contributed by atoms with Crippen LogP contribution in [0.1, 0.15) is 30.6 Å². The fraction of sp³-hybridized carbons (Fsp3) is 0.267. The molecule has 0 aliphatic heterocycles. The number of aromatic nitrogens is 1. The fourth-order valence-corrected chi connectivity index (χ4v) is 2.35. The Morgan fingerprint density at radius 1 is 1.19 bits per heavy atom. The quantitative estimate of drug-likeness (QED) is 0.803. The molecule has 2 aromatic rings. The normalized spacial score (nSPS) is 12.4. The van der Waals surface area contributed by atoms with Gasteiger partial charge in [0.15, 0.2) is 0 Å². The average Bonchev–Trinajstić information content (AvgIpc) is 2.48. The summed E-state index contributed by atoms with van der Waals surface area (Å²) >= 11 is 3.05. The van der Waals surface area contributed by atoms with Crippen LogP contribution in [0.2, 0.25) is 0 Å². The molecular weight excluding hydrogens is 345 g/mol. The minimum absolute atomic E-state index is 0.128. The van der Waals surface area contributed by atoms with Crippen molar-refractivity contribution >= 4 is 15.9 Å². The number of benzene rings is 1. The number of rotatable bonds is 5. The third kappa shape index (κ3) is 3.63. The van der Waals surface area contributed by atoms with Crippen LogP contribution in [-0.4, -0.2) is 11.5 Å². The first-order chi connectivity index (χ1) is 10.0. The number of nitrogens with one attached hydrogen (secondary N) is 1. The van der Waals surface area contributed by atoms with E-state index in [0.29, 0.717) is 12.2 Å². The molecule has 0 bridgehead atoms. The van der Waals surface area contributed by atoms with Gasteiger partial charge in [-0.05, 0) is 53.2 Å². The van der Waals surface area contributed by atoms with Gasteiger partial charge in [-0.1, -0.05) is 6.92 Å². The third-order valence-corrected chi connectivity index (χ3v) is 3.63. The highest BCUT2D eigenvalue weighted by molar-refractivity contribution is 9.10. The highest BCUT2D eigenvalue weighted by Crippen LogP contribution is 2.30. The number of halogens is 4. The van der Waals surface area contributed by atoms with E-state index in [1.165, 1.54) is 24.3 Å². The fourth-order valence-electron chi connectivity index (χ4n) is 2.01. The molecule has 0 fully saturated rings. The number of nitrogens with zero attached hydrogens (tertiary/aromatic N) is 1. The molecule has 0 radical (unpaired) electrons. The van der Waals surface area contributed by atoms with Crippen molar-refractivity contribution in [2.75, 3.05) is 6.54 Å². The molecule has 1 unspecified atom stereocenters. The molecule has 0 saturated carbocycles. The van der Waals surface area contributed by atoms with Gasteiger partial charge in [-0.25, -0.2) is 13.2 Å². The van der Waals surface area contributed by atoms with E-state index in [4.69, 9.17) is 0 Å². The highest BCUT2D eigenvalue weighted by Gasteiger charge is 2.24. The van der Waals surface area contributed by atoms with Crippen LogP contribution in [0.3, 0.4) is 0 Å².